The molecule has 0 aliphatic carbocycles. The van der Waals surface area contributed by atoms with Crippen molar-refractivity contribution in [3.63, 3.8) is 0 Å². The highest BCUT2D eigenvalue weighted by Gasteiger charge is 2.25. The average Bonchev–Trinajstić information content (AvgIpc) is 2.84. The highest BCUT2D eigenvalue weighted by Crippen LogP contribution is 2.24. The van der Waals surface area contributed by atoms with Gasteiger partial charge >= 0.3 is 0 Å². The quantitative estimate of drug-likeness (QED) is 0.466. The van der Waals surface area contributed by atoms with Gasteiger partial charge in [-0.3, -0.25) is 9.80 Å². The topological polar surface area (TPSA) is 15.7 Å². The van der Waals surface area contributed by atoms with E-state index in [2.05, 4.69) is 88.7 Å². The Hall–Kier alpha value is -2.62. The number of methoxy groups -OCH3 is 1. The molecule has 0 aromatic heterocycles. The SMILES string of the molecule is COc1ccccc1CN1CCC(N(CCc2ccccc2)Cc2ccccc2)CC1. The molecule has 1 aliphatic rings. The molecule has 1 fully saturated rings. The second kappa shape index (κ2) is 11.1. The van der Waals surface area contributed by atoms with Crippen LogP contribution in [0.1, 0.15) is 29.5 Å². The second-order valence-corrected chi connectivity index (χ2v) is 8.51. The zero-order valence-corrected chi connectivity index (χ0v) is 18.6. The molecule has 1 heterocycles. The number of benzene rings is 3. The van der Waals surface area contributed by atoms with Gasteiger partial charge in [-0.25, -0.2) is 0 Å². The smallest absolute Gasteiger partial charge is 0.123 e. The normalized spacial score (nSPS) is 15.3. The summed E-state index contributed by atoms with van der Waals surface area (Å²) >= 11 is 0. The van der Waals surface area contributed by atoms with Crippen LogP contribution >= 0.6 is 0 Å². The van der Waals surface area contributed by atoms with Crippen LogP contribution in [0.25, 0.3) is 0 Å². The summed E-state index contributed by atoms with van der Waals surface area (Å²) in [5.41, 5.74) is 4.12. The molecule has 0 spiro atoms. The molecule has 162 valence electrons. The molecule has 0 N–H and O–H groups in total. The molecule has 0 atom stereocenters. The molecule has 0 unspecified atom stereocenters. The zero-order valence-electron chi connectivity index (χ0n) is 18.6. The molecule has 3 aromatic rings. The number of likely N-dealkylation sites (tertiary alicyclic amines) is 1. The van der Waals surface area contributed by atoms with Crippen molar-refractivity contribution in [3.8, 4) is 5.75 Å². The van der Waals surface area contributed by atoms with Crippen molar-refractivity contribution in [2.75, 3.05) is 26.7 Å². The Bertz CT molecular complexity index is 905. The van der Waals surface area contributed by atoms with E-state index in [4.69, 9.17) is 4.74 Å². The van der Waals surface area contributed by atoms with Crippen molar-refractivity contribution in [2.45, 2.75) is 38.4 Å². The number of ether oxygens (including phenoxy) is 1. The van der Waals surface area contributed by atoms with Crippen LogP contribution in [0.5, 0.6) is 5.75 Å². The summed E-state index contributed by atoms with van der Waals surface area (Å²) in [5.74, 6) is 0.998. The summed E-state index contributed by atoms with van der Waals surface area (Å²) in [4.78, 5) is 5.29. The third-order valence-electron chi connectivity index (χ3n) is 6.42. The molecular weight excluding hydrogens is 380 g/mol. The van der Waals surface area contributed by atoms with Crippen LogP contribution in [0, 0.1) is 0 Å². The molecule has 31 heavy (non-hydrogen) atoms. The van der Waals surface area contributed by atoms with Crippen molar-refractivity contribution in [1.82, 2.24) is 9.80 Å². The number of hydrogen-bond donors (Lipinski definition) is 0. The Labute approximate surface area is 187 Å². The number of hydrogen-bond acceptors (Lipinski definition) is 3. The standard InChI is InChI=1S/C28H34N2O/c1-31-28-15-9-8-14-26(28)23-29-19-17-27(18-20-29)30(22-25-12-6-3-7-13-25)21-16-24-10-4-2-5-11-24/h2-15,27H,16-23H2,1H3. The molecule has 4 rings (SSSR count). The summed E-state index contributed by atoms with van der Waals surface area (Å²) in [6.07, 6.45) is 3.54. The van der Waals surface area contributed by atoms with Gasteiger partial charge in [0.2, 0.25) is 0 Å². The van der Waals surface area contributed by atoms with Crippen LogP contribution in [-0.2, 0) is 19.5 Å². The lowest BCUT2D eigenvalue weighted by Gasteiger charge is -2.39. The van der Waals surface area contributed by atoms with Crippen molar-refractivity contribution in [3.05, 3.63) is 102 Å². The molecule has 0 amide bonds. The first kappa shape index (κ1) is 21.6. The first-order valence-corrected chi connectivity index (χ1v) is 11.5. The van der Waals surface area contributed by atoms with Crippen LogP contribution in [-0.4, -0.2) is 42.6 Å². The molecule has 0 radical (unpaired) electrons. The maximum Gasteiger partial charge on any atom is 0.123 e. The maximum absolute atomic E-state index is 5.55. The lowest BCUT2D eigenvalue weighted by Crippen LogP contribution is -2.45. The minimum atomic E-state index is 0.637. The van der Waals surface area contributed by atoms with Gasteiger partial charge in [0.25, 0.3) is 0 Å². The molecule has 3 nitrogen and oxygen atoms in total. The van der Waals surface area contributed by atoms with E-state index in [0.29, 0.717) is 6.04 Å². The fourth-order valence-electron chi connectivity index (χ4n) is 4.64. The Morgan fingerprint density at radius 3 is 2.10 bits per heavy atom. The monoisotopic (exact) mass is 414 g/mol. The van der Waals surface area contributed by atoms with Gasteiger partial charge in [-0.15, -0.1) is 0 Å². The summed E-state index contributed by atoms with van der Waals surface area (Å²) in [6, 6.07) is 30.8. The van der Waals surface area contributed by atoms with E-state index in [9.17, 15) is 0 Å². The Morgan fingerprint density at radius 2 is 1.42 bits per heavy atom. The molecule has 0 saturated carbocycles. The maximum atomic E-state index is 5.55. The first-order valence-electron chi connectivity index (χ1n) is 11.5. The minimum Gasteiger partial charge on any atom is -0.496 e. The number of para-hydroxylation sites is 1. The lowest BCUT2D eigenvalue weighted by molar-refractivity contribution is 0.0993. The number of rotatable bonds is 9. The summed E-state index contributed by atoms with van der Waals surface area (Å²) in [6.45, 7) is 5.39. The Balaban J connectivity index is 1.37. The highest BCUT2D eigenvalue weighted by atomic mass is 16.5. The van der Waals surface area contributed by atoms with Gasteiger partial charge in [-0.1, -0.05) is 78.9 Å². The van der Waals surface area contributed by atoms with Crippen LogP contribution in [0.3, 0.4) is 0 Å². The highest BCUT2D eigenvalue weighted by molar-refractivity contribution is 5.33. The molecular formula is C28H34N2O. The first-order chi connectivity index (χ1) is 15.3. The Kier molecular flexibility index (Phi) is 7.76. The zero-order chi connectivity index (χ0) is 21.3. The van der Waals surface area contributed by atoms with Crippen LogP contribution in [0.15, 0.2) is 84.9 Å². The molecule has 1 saturated heterocycles. The van der Waals surface area contributed by atoms with Crippen molar-refractivity contribution in [2.24, 2.45) is 0 Å². The lowest BCUT2D eigenvalue weighted by atomic mass is 10.0. The van der Waals surface area contributed by atoms with E-state index >= 15 is 0 Å². The van der Waals surface area contributed by atoms with Crippen LogP contribution in [0.4, 0.5) is 0 Å². The van der Waals surface area contributed by atoms with Gasteiger partial charge in [0.15, 0.2) is 0 Å². The molecule has 3 heteroatoms. The predicted octanol–water partition coefficient (Wildman–Crippen LogP) is 5.40. The van der Waals surface area contributed by atoms with E-state index in [1.165, 1.54) is 29.5 Å². The van der Waals surface area contributed by atoms with Crippen LogP contribution in [0.2, 0.25) is 0 Å². The van der Waals surface area contributed by atoms with Crippen molar-refractivity contribution < 1.29 is 4.74 Å². The fraction of sp³-hybridized carbons (Fsp3) is 0.357. The average molecular weight is 415 g/mol. The van der Waals surface area contributed by atoms with E-state index in [1.807, 2.05) is 6.07 Å². The van der Waals surface area contributed by atoms with E-state index in [-0.39, 0.29) is 0 Å². The van der Waals surface area contributed by atoms with Gasteiger partial charge in [0.05, 0.1) is 7.11 Å². The Morgan fingerprint density at radius 1 is 0.806 bits per heavy atom. The van der Waals surface area contributed by atoms with Crippen molar-refractivity contribution >= 4 is 0 Å². The molecule has 3 aromatic carbocycles. The van der Waals surface area contributed by atoms with Gasteiger partial charge in [0, 0.05) is 31.2 Å². The minimum absolute atomic E-state index is 0.637. The van der Waals surface area contributed by atoms with Gasteiger partial charge in [0.1, 0.15) is 5.75 Å². The second-order valence-electron chi connectivity index (χ2n) is 8.51. The van der Waals surface area contributed by atoms with Gasteiger partial charge < -0.3 is 4.74 Å². The van der Waals surface area contributed by atoms with E-state index in [0.717, 1.165) is 44.9 Å². The van der Waals surface area contributed by atoms with Gasteiger partial charge in [-0.2, -0.15) is 0 Å². The number of nitrogens with zero attached hydrogens (tertiary/aromatic N) is 2. The van der Waals surface area contributed by atoms with Crippen molar-refractivity contribution in [1.29, 1.82) is 0 Å². The summed E-state index contributed by atoms with van der Waals surface area (Å²) in [5, 5.41) is 0. The molecule has 0 bridgehead atoms. The molecule has 1 aliphatic heterocycles. The fourth-order valence-corrected chi connectivity index (χ4v) is 4.64. The summed E-state index contributed by atoms with van der Waals surface area (Å²) < 4.78 is 5.55. The van der Waals surface area contributed by atoms with Gasteiger partial charge in [-0.05, 0) is 49.5 Å². The summed E-state index contributed by atoms with van der Waals surface area (Å²) in [7, 11) is 1.76. The van der Waals surface area contributed by atoms with E-state index < -0.39 is 0 Å². The number of piperidine rings is 1. The predicted molar refractivity (Wildman–Crippen MR) is 128 cm³/mol. The van der Waals surface area contributed by atoms with E-state index in [1.54, 1.807) is 7.11 Å². The third kappa shape index (κ3) is 6.19. The van der Waals surface area contributed by atoms with Crippen LogP contribution < -0.4 is 4.74 Å². The third-order valence-corrected chi connectivity index (χ3v) is 6.42. The largest absolute Gasteiger partial charge is 0.496 e.